The van der Waals surface area contributed by atoms with Crippen molar-refractivity contribution in [1.29, 1.82) is 0 Å². The molecular formula is C23H31N5O4. The predicted octanol–water partition coefficient (Wildman–Crippen LogP) is 2.71. The summed E-state index contributed by atoms with van der Waals surface area (Å²) in [5.41, 5.74) is 0.819. The molecule has 1 atom stereocenters. The summed E-state index contributed by atoms with van der Waals surface area (Å²) < 4.78 is 10.4. The molecule has 2 fully saturated rings. The number of carbonyl (C=O) groups is 2. The molecule has 9 heteroatoms. The molecule has 2 aromatic rings. The molecule has 4 heterocycles. The van der Waals surface area contributed by atoms with Crippen LogP contribution in [-0.4, -0.2) is 64.7 Å². The fourth-order valence-electron chi connectivity index (χ4n) is 4.56. The third-order valence-electron chi connectivity index (χ3n) is 6.29. The van der Waals surface area contributed by atoms with Crippen molar-refractivity contribution in [3.63, 3.8) is 0 Å². The molecule has 1 unspecified atom stereocenters. The Labute approximate surface area is 188 Å². The first-order chi connectivity index (χ1) is 15.6. The Morgan fingerprint density at radius 2 is 1.97 bits per heavy atom. The molecule has 0 N–H and O–H groups in total. The summed E-state index contributed by atoms with van der Waals surface area (Å²) >= 11 is 0. The molecule has 2 aliphatic rings. The Hall–Kier alpha value is -2.97. The van der Waals surface area contributed by atoms with Gasteiger partial charge in [0.25, 0.3) is 0 Å². The summed E-state index contributed by atoms with van der Waals surface area (Å²) in [7, 11) is 0. The average Bonchev–Trinajstić information content (AvgIpc) is 3.33. The van der Waals surface area contributed by atoms with Gasteiger partial charge in [0.15, 0.2) is 0 Å². The Kier molecular flexibility index (Phi) is 7.02. The number of aryl methyl sites for hydroxylation is 1. The quantitative estimate of drug-likeness (QED) is 0.631. The average molecular weight is 442 g/mol. The van der Waals surface area contributed by atoms with E-state index in [0.29, 0.717) is 57.2 Å². The highest BCUT2D eigenvalue weighted by molar-refractivity contribution is 5.81. The minimum atomic E-state index is -0.140. The zero-order chi connectivity index (χ0) is 22.5. The molecule has 0 saturated carbocycles. The maximum atomic E-state index is 13.3. The first-order valence-corrected chi connectivity index (χ1v) is 11.6. The van der Waals surface area contributed by atoms with Crippen LogP contribution in [0.3, 0.4) is 0 Å². The fraction of sp³-hybridized carbons (Fsp3) is 0.609. The highest BCUT2D eigenvalue weighted by Gasteiger charge is 2.34. The number of anilines is 1. The van der Waals surface area contributed by atoms with E-state index in [1.165, 1.54) is 0 Å². The standard InChI is InChI=1S/C23H31N5O4/c1-3-19-25-20(26-32-19)18-8-5-11-24-21(18)28-12-6-7-17(15-28)22(29)27-13-9-16(10-14-27)23(30)31-4-2/h5,8,11,16-17H,3-4,6-7,9-10,12-15H2,1-2H3. The number of pyridine rings is 1. The van der Waals surface area contributed by atoms with Gasteiger partial charge in [-0.05, 0) is 44.7 Å². The van der Waals surface area contributed by atoms with Crippen LogP contribution in [0.5, 0.6) is 0 Å². The minimum absolute atomic E-state index is 0.0887. The van der Waals surface area contributed by atoms with Gasteiger partial charge in [-0.1, -0.05) is 12.1 Å². The van der Waals surface area contributed by atoms with E-state index in [0.717, 1.165) is 30.8 Å². The second-order valence-corrected chi connectivity index (χ2v) is 8.38. The number of aromatic nitrogens is 3. The first-order valence-electron chi connectivity index (χ1n) is 11.6. The number of carbonyl (C=O) groups excluding carboxylic acids is 2. The van der Waals surface area contributed by atoms with Crippen molar-refractivity contribution in [3.05, 3.63) is 24.2 Å². The minimum Gasteiger partial charge on any atom is -0.466 e. The number of nitrogens with zero attached hydrogens (tertiary/aromatic N) is 5. The van der Waals surface area contributed by atoms with Gasteiger partial charge < -0.3 is 19.1 Å². The topological polar surface area (TPSA) is 102 Å². The van der Waals surface area contributed by atoms with E-state index in [-0.39, 0.29) is 23.7 Å². The van der Waals surface area contributed by atoms with E-state index in [1.54, 1.807) is 6.20 Å². The van der Waals surface area contributed by atoms with Gasteiger partial charge in [0.2, 0.25) is 17.6 Å². The lowest BCUT2D eigenvalue weighted by molar-refractivity contribution is -0.151. The Bertz CT molecular complexity index is 938. The van der Waals surface area contributed by atoms with Crippen LogP contribution in [0.2, 0.25) is 0 Å². The molecule has 0 aliphatic carbocycles. The third-order valence-corrected chi connectivity index (χ3v) is 6.29. The number of hydrogen-bond donors (Lipinski definition) is 0. The number of rotatable bonds is 6. The Morgan fingerprint density at radius 3 is 2.69 bits per heavy atom. The second kappa shape index (κ2) is 10.1. The smallest absolute Gasteiger partial charge is 0.309 e. The Balaban J connectivity index is 1.42. The lowest BCUT2D eigenvalue weighted by Crippen LogP contribution is -2.48. The molecule has 32 heavy (non-hydrogen) atoms. The Morgan fingerprint density at radius 1 is 1.16 bits per heavy atom. The summed E-state index contributed by atoms with van der Waals surface area (Å²) in [6, 6.07) is 3.80. The molecule has 0 spiro atoms. The lowest BCUT2D eigenvalue weighted by atomic mass is 9.92. The highest BCUT2D eigenvalue weighted by Crippen LogP contribution is 2.31. The van der Waals surface area contributed by atoms with E-state index in [2.05, 4.69) is 20.0 Å². The van der Waals surface area contributed by atoms with Crippen LogP contribution in [0.15, 0.2) is 22.9 Å². The molecule has 0 bridgehead atoms. The lowest BCUT2D eigenvalue weighted by Gasteiger charge is -2.38. The third kappa shape index (κ3) is 4.76. The maximum Gasteiger partial charge on any atom is 0.309 e. The summed E-state index contributed by atoms with van der Waals surface area (Å²) in [5.74, 6) is 1.75. The number of ether oxygens (including phenoxy) is 1. The van der Waals surface area contributed by atoms with Gasteiger partial charge in [-0.15, -0.1) is 0 Å². The van der Waals surface area contributed by atoms with Crippen molar-refractivity contribution in [2.45, 2.75) is 46.0 Å². The van der Waals surface area contributed by atoms with Crippen LogP contribution >= 0.6 is 0 Å². The van der Waals surface area contributed by atoms with Gasteiger partial charge in [-0.2, -0.15) is 4.98 Å². The van der Waals surface area contributed by atoms with Gasteiger partial charge in [0, 0.05) is 38.8 Å². The molecular weight excluding hydrogens is 410 g/mol. The van der Waals surface area contributed by atoms with E-state index in [4.69, 9.17) is 9.26 Å². The van der Waals surface area contributed by atoms with Crippen LogP contribution in [-0.2, 0) is 20.7 Å². The molecule has 1 amide bonds. The van der Waals surface area contributed by atoms with Crippen molar-refractivity contribution in [2.24, 2.45) is 11.8 Å². The van der Waals surface area contributed by atoms with Crippen LogP contribution < -0.4 is 4.90 Å². The van der Waals surface area contributed by atoms with E-state index < -0.39 is 0 Å². The summed E-state index contributed by atoms with van der Waals surface area (Å²) in [6.07, 6.45) is 5.54. The fourth-order valence-corrected chi connectivity index (χ4v) is 4.56. The van der Waals surface area contributed by atoms with Gasteiger partial charge in [-0.25, -0.2) is 4.98 Å². The van der Waals surface area contributed by atoms with Gasteiger partial charge >= 0.3 is 5.97 Å². The van der Waals surface area contributed by atoms with Crippen molar-refractivity contribution in [3.8, 4) is 11.4 Å². The molecule has 2 aromatic heterocycles. The van der Waals surface area contributed by atoms with Gasteiger partial charge in [0.1, 0.15) is 5.82 Å². The SMILES string of the molecule is CCOC(=O)C1CCN(C(=O)C2CCCN(c3ncccc3-c3noc(CC)n3)C2)CC1. The van der Waals surface area contributed by atoms with Crippen LogP contribution in [0.1, 0.15) is 45.4 Å². The monoisotopic (exact) mass is 441 g/mol. The number of hydrogen-bond acceptors (Lipinski definition) is 8. The molecule has 0 aromatic carbocycles. The highest BCUT2D eigenvalue weighted by atomic mass is 16.5. The van der Waals surface area contributed by atoms with Crippen LogP contribution in [0.25, 0.3) is 11.4 Å². The van der Waals surface area contributed by atoms with Crippen molar-refractivity contribution in [1.82, 2.24) is 20.0 Å². The maximum absolute atomic E-state index is 13.3. The van der Waals surface area contributed by atoms with Gasteiger partial charge in [0.05, 0.1) is 24.0 Å². The first kappa shape index (κ1) is 22.2. The predicted molar refractivity (Wildman–Crippen MR) is 118 cm³/mol. The van der Waals surface area contributed by atoms with E-state index in [1.807, 2.05) is 30.9 Å². The summed E-state index contributed by atoms with van der Waals surface area (Å²) in [4.78, 5) is 38.4. The summed E-state index contributed by atoms with van der Waals surface area (Å²) in [5, 5.41) is 4.11. The molecule has 9 nitrogen and oxygen atoms in total. The molecule has 0 radical (unpaired) electrons. The van der Waals surface area contributed by atoms with Crippen molar-refractivity contribution >= 4 is 17.7 Å². The van der Waals surface area contributed by atoms with Gasteiger partial charge in [-0.3, -0.25) is 9.59 Å². The zero-order valence-electron chi connectivity index (χ0n) is 18.8. The number of likely N-dealkylation sites (tertiary alicyclic amines) is 1. The number of amides is 1. The largest absolute Gasteiger partial charge is 0.466 e. The van der Waals surface area contributed by atoms with E-state index in [9.17, 15) is 9.59 Å². The van der Waals surface area contributed by atoms with Crippen LogP contribution in [0.4, 0.5) is 5.82 Å². The molecule has 172 valence electrons. The number of piperidine rings is 2. The van der Waals surface area contributed by atoms with Crippen molar-refractivity contribution in [2.75, 3.05) is 37.7 Å². The zero-order valence-corrected chi connectivity index (χ0v) is 18.8. The second-order valence-electron chi connectivity index (χ2n) is 8.38. The summed E-state index contributed by atoms with van der Waals surface area (Å²) in [6.45, 7) is 6.84. The molecule has 2 saturated heterocycles. The van der Waals surface area contributed by atoms with E-state index >= 15 is 0 Å². The van der Waals surface area contributed by atoms with Crippen LogP contribution in [0, 0.1) is 11.8 Å². The number of esters is 1. The van der Waals surface area contributed by atoms with Crippen molar-refractivity contribution < 1.29 is 18.8 Å². The molecule has 4 rings (SSSR count). The molecule has 2 aliphatic heterocycles. The normalized spacial score (nSPS) is 19.8.